The lowest BCUT2D eigenvalue weighted by Gasteiger charge is -2.23. The highest BCUT2D eigenvalue weighted by molar-refractivity contribution is 7.15. The fourth-order valence-electron chi connectivity index (χ4n) is 2.13. The number of nitrogens with zero attached hydrogens (tertiary/aromatic N) is 2. The van der Waals surface area contributed by atoms with Crippen LogP contribution in [0.1, 0.15) is 27.9 Å². The van der Waals surface area contributed by atoms with Gasteiger partial charge in [-0.2, -0.15) is 0 Å². The molecular formula is C14H12ClN3O3S. The maximum absolute atomic E-state index is 12.2. The maximum atomic E-state index is 12.2. The van der Waals surface area contributed by atoms with Gasteiger partial charge in [-0.25, -0.2) is 4.79 Å². The van der Waals surface area contributed by atoms with Gasteiger partial charge >= 0.3 is 5.97 Å². The van der Waals surface area contributed by atoms with Crippen molar-refractivity contribution in [3.05, 3.63) is 39.4 Å². The maximum Gasteiger partial charge on any atom is 0.339 e. The molecule has 22 heavy (non-hydrogen) atoms. The summed E-state index contributed by atoms with van der Waals surface area (Å²) in [7, 11) is 0. The molecule has 1 N–H and O–H groups in total. The number of halogens is 1. The summed E-state index contributed by atoms with van der Waals surface area (Å²) < 4.78 is 5.18. The molecule has 1 atom stereocenters. The number of rotatable bonds is 3. The molecule has 1 aliphatic heterocycles. The summed E-state index contributed by atoms with van der Waals surface area (Å²) in [5, 5.41) is 12.1. The Morgan fingerprint density at radius 3 is 3.05 bits per heavy atom. The van der Waals surface area contributed by atoms with Crippen molar-refractivity contribution >= 4 is 39.9 Å². The van der Waals surface area contributed by atoms with Gasteiger partial charge in [0, 0.05) is 11.4 Å². The van der Waals surface area contributed by atoms with Gasteiger partial charge in [0.2, 0.25) is 5.13 Å². The lowest BCUT2D eigenvalue weighted by Crippen LogP contribution is -2.38. The van der Waals surface area contributed by atoms with E-state index < -0.39 is 18.0 Å². The summed E-state index contributed by atoms with van der Waals surface area (Å²) in [6.45, 7) is 1.96. The van der Waals surface area contributed by atoms with E-state index in [0.29, 0.717) is 22.1 Å². The van der Waals surface area contributed by atoms with Crippen LogP contribution < -0.4 is 5.32 Å². The van der Waals surface area contributed by atoms with Crippen LogP contribution in [0.5, 0.6) is 0 Å². The van der Waals surface area contributed by atoms with Gasteiger partial charge in [0.05, 0.1) is 5.56 Å². The van der Waals surface area contributed by atoms with E-state index in [9.17, 15) is 9.59 Å². The molecule has 0 aliphatic carbocycles. The molecule has 3 rings (SSSR count). The standard InChI is InChI=1S/C14H12ClN3O3S/c1-2-11-17-18-14(22-11)16-12(19)10-5-7-3-4-8(15)6-9(7)13(20)21-10/h3-4,6,10H,2,5H2,1H3,(H,16,18,19)/t10-/m1/s1. The van der Waals surface area contributed by atoms with Crippen molar-refractivity contribution < 1.29 is 14.3 Å². The molecule has 0 spiro atoms. The van der Waals surface area contributed by atoms with E-state index in [1.807, 2.05) is 6.92 Å². The molecule has 1 aromatic carbocycles. The molecule has 1 aromatic heterocycles. The van der Waals surface area contributed by atoms with Crippen molar-refractivity contribution in [2.75, 3.05) is 5.32 Å². The summed E-state index contributed by atoms with van der Waals surface area (Å²) in [5.41, 5.74) is 1.15. The molecule has 0 fully saturated rings. The molecule has 2 aromatic rings. The van der Waals surface area contributed by atoms with Gasteiger partial charge in [0.1, 0.15) is 5.01 Å². The van der Waals surface area contributed by atoms with E-state index in [2.05, 4.69) is 15.5 Å². The first-order valence-corrected chi connectivity index (χ1v) is 7.89. The third-order valence-electron chi connectivity index (χ3n) is 3.24. The summed E-state index contributed by atoms with van der Waals surface area (Å²) in [5.74, 6) is -0.955. The minimum Gasteiger partial charge on any atom is -0.448 e. The lowest BCUT2D eigenvalue weighted by molar-refractivity contribution is -0.125. The van der Waals surface area contributed by atoms with Crippen LogP contribution in [0.4, 0.5) is 5.13 Å². The molecule has 114 valence electrons. The molecule has 0 unspecified atom stereocenters. The van der Waals surface area contributed by atoms with Gasteiger partial charge < -0.3 is 4.74 Å². The van der Waals surface area contributed by atoms with Crippen molar-refractivity contribution in [2.45, 2.75) is 25.9 Å². The van der Waals surface area contributed by atoms with Gasteiger partial charge in [-0.05, 0) is 24.1 Å². The topological polar surface area (TPSA) is 81.2 Å². The molecule has 2 heterocycles. The quantitative estimate of drug-likeness (QED) is 0.870. The Labute approximate surface area is 135 Å². The fraction of sp³-hybridized carbons (Fsp3) is 0.286. The first kappa shape index (κ1) is 14.9. The number of hydrogen-bond acceptors (Lipinski definition) is 6. The van der Waals surface area contributed by atoms with Gasteiger partial charge in [-0.1, -0.05) is 35.9 Å². The number of cyclic esters (lactones) is 1. The molecule has 0 bridgehead atoms. The molecule has 0 radical (unpaired) electrons. The molecule has 1 aliphatic rings. The highest BCUT2D eigenvalue weighted by Gasteiger charge is 2.31. The van der Waals surface area contributed by atoms with Gasteiger partial charge in [-0.15, -0.1) is 10.2 Å². The third-order valence-corrected chi connectivity index (χ3v) is 4.46. The second-order valence-electron chi connectivity index (χ2n) is 4.74. The van der Waals surface area contributed by atoms with Crippen LogP contribution in [0, 0.1) is 0 Å². The highest BCUT2D eigenvalue weighted by Crippen LogP contribution is 2.25. The number of benzene rings is 1. The predicted molar refractivity (Wildman–Crippen MR) is 82.3 cm³/mol. The average Bonchev–Trinajstić information content (AvgIpc) is 2.95. The Balaban J connectivity index is 1.74. The minimum absolute atomic E-state index is 0.309. The van der Waals surface area contributed by atoms with Crippen LogP contribution in [0.3, 0.4) is 0 Å². The monoisotopic (exact) mass is 337 g/mol. The average molecular weight is 338 g/mol. The zero-order valence-corrected chi connectivity index (χ0v) is 13.2. The molecule has 0 saturated carbocycles. The van der Waals surface area contributed by atoms with E-state index in [-0.39, 0.29) is 0 Å². The number of hydrogen-bond donors (Lipinski definition) is 1. The fourth-order valence-corrected chi connectivity index (χ4v) is 2.98. The zero-order valence-electron chi connectivity index (χ0n) is 11.6. The van der Waals surface area contributed by atoms with Crippen molar-refractivity contribution in [1.29, 1.82) is 0 Å². The first-order valence-electron chi connectivity index (χ1n) is 6.69. The number of carbonyl (C=O) groups excluding carboxylic acids is 2. The number of anilines is 1. The van der Waals surface area contributed by atoms with E-state index in [1.165, 1.54) is 11.3 Å². The zero-order chi connectivity index (χ0) is 15.7. The van der Waals surface area contributed by atoms with Crippen LogP contribution in [-0.4, -0.2) is 28.2 Å². The van der Waals surface area contributed by atoms with Crippen molar-refractivity contribution in [2.24, 2.45) is 0 Å². The molecule has 1 amide bonds. The number of fused-ring (bicyclic) bond motifs is 1. The molecular weight excluding hydrogens is 326 g/mol. The van der Waals surface area contributed by atoms with Crippen LogP contribution in [0.25, 0.3) is 0 Å². The van der Waals surface area contributed by atoms with E-state index in [4.69, 9.17) is 16.3 Å². The number of amides is 1. The van der Waals surface area contributed by atoms with Crippen molar-refractivity contribution in [1.82, 2.24) is 10.2 Å². The SMILES string of the molecule is CCc1nnc(NC(=O)[C@H]2Cc3ccc(Cl)cc3C(=O)O2)s1. The number of aromatic nitrogens is 2. The predicted octanol–water partition coefficient (Wildman–Crippen LogP) is 2.47. The summed E-state index contributed by atoms with van der Waals surface area (Å²) in [6, 6.07) is 4.97. The van der Waals surface area contributed by atoms with Crippen LogP contribution >= 0.6 is 22.9 Å². The molecule has 6 nitrogen and oxygen atoms in total. The second kappa shape index (κ2) is 6.02. The van der Waals surface area contributed by atoms with Crippen LogP contribution in [-0.2, 0) is 22.4 Å². The first-order chi connectivity index (χ1) is 10.6. The van der Waals surface area contributed by atoms with E-state index in [1.54, 1.807) is 18.2 Å². The largest absolute Gasteiger partial charge is 0.448 e. The van der Waals surface area contributed by atoms with Gasteiger partial charge in [0.25, 0.3) is 5.91 Å². The Bertz CT molecular complexity index is 747. The Morgan fingerprint density at radius 1 is 1.50 bits per heavy atom. The Kier molecular flexibility index (Phi) is 4.08. The van der Waals surface area contributed by atoms with E-state index in [0.717, 1.165) is 17.0 Å². The smallest absolute Gasteiger partial charge is 0.339 e. The second-order valence-corrected chi connectivity index (χ2v) is 6.24. The lowest BCUT2D eigenvalue weighted by atomic mass is 9.98. The normalized spacial score (nSPS) is 16.8. The van der Waals surface area contributed by atoms with E-state index >= 15 is 0 Å². The number of nitrogens with one attached hydrogen (secondary N) is 1. The number of aryl methyl sites for hydroxylation is 1. The highest BCUT2D eigenvalue weighted by atomic mass is 35.5. The van der Waals surface area contributed by atoms with Gasteiger partial charge in [0.15, 0.2) is 6.10 Å². The number of carbonyl (C=O) groups is 2. The summed E-state index contributed by atoms with van der Waals surface area (Å²) in [4.78, 5) is 24.2. The molecule has 0 saturated heterocycles. The Morgan fingerprint density at radius 2 is 2.32 bits per heavy atom. The number of esters is 1. The van der Waals surface area contributed by atoms with Gasteiger partial charge in [-0.3, -0.25) is 10.1 Å². The summed E-state index contributed by atoms with van der Waals surface area (Å²) in [6.07, 6.45) is 0.180. The van der Waals surface area contributed by atoms with Crippen LogP contribution in [0.15, 0.2) is 18.2 Å². The molecule has 8 heteroatoms. The third kappa shape index (κ3) is 2.95. The Hall–Kier alpha value is -1.99. The minimum atomic E-state index is -0.879. The summed E-state index contributed by atoms with van der Waals surface area (Å²) >= 11 is 7.16. The van der Waals surface area contributed by atoms with Crippen LogP contribution in [0.2, 0.25) is 5.02 Å². The number of ether oxygens (including phenoxy) is 1. The van der Waals surface area contributed by atoms with Crippen molar-refractivity contribution in [3.63, 3.8) is 0 Å². The van der Waals surface area contributed by atoms with Crippen molar-refractivity contribution in [3.8, 4) is 0 Å².